The third-order valence-electron chi connectivity index (χ3n) is 6.91. The highest BCUT2D eigenvalue weighted by Gasteiger charge is 2.13. The first-order chi connectivity index (χ1) is 20.5. The minimum atomic E-state index is -0.0529. The lowest BCUT2D eigenvalue weighted by molar-refractivity contribution is -0.116. The van der Waals surface area contributed by atoms with Crippen LogP contribution in [0.1, 0.15) is 19.3 Å². The number of carbonyl (C=O) groups is 1. The number of nitrogen functional groups attached to an aromatic ring is 1. The van der Waals surface area contributed by atoms with Crippen LogP contribution < -0.4 is 25.4 Å². The number of ether oxygens (including phenoxy) is 2. The number of hydrogen-bond donors (Lipinski definition) is 2. The number of unbranched alkanes of at least 4 members (excludes halogenated alkanes) is 1. The molecule has 0 aliphatic heterocycles. The Morgan fingerprint density at radius 1 is 0.976 bits per heavy atom. The number of carbonyl (C=O) groups excluding carboxylic acids is 1. The van der Waals surface area contributed by atoms with Crippen molar-refractivity contribution in [2.45, 2.75) is 25.8 Å². The number of benzene rings is 3. The molecule has 3 aromatic carbocycles. The summed E-state index contributed by atoms with van der Waals surface area (Å²) in [6, 6.07) is 18.9. The van der Waals surface area contributed by atoms with E-state index < -0.39 is 0 Å². The number of amides is 1. The van der Waals surface area contributed by atoms with Crippen LogP contribution in [-0.2, 0) is 11.3 Å². The van der Waals surface area contributed by atoms with Gasteiger partial charge in [-0.05, 0) is 50.1 Å². The van der Waals surface area contributed by atoms with Gasteiger partial charge in [-0.2, -0.15) is 5.10 Å². The predicted molar refractivity (Wildman–Crippen MR) is 166 cm³/mol. The lowest BCUT2D eigenvalue weighted by Crippen LogP contribution is -2.16. The van der Waals surface area contributed by atoms with Crippen molar-refractivity contribution in [1.82, 2.24) is 19.7 Å². The van der Waals surface area contributed by atoms with Crippen molar-refractivity contribution in [3.05, 3.63) is 86.2 Å². The highest BCUT2D eigenvalue weighted by Crippen LogP contribution is 2.34. The van der Waals surface area contributed by atoms with Gasteiger partial charge in [-0.15, -0.1) is 0 Å². The number of aryl methyl sites for hydroxylation is 1. The van der Waals surface area contributed by atoms with E-state index in [2.05, 4.69) is 27.2 Å². The standard InChI is InChI=1S/C32H34N7O3/c1-4-39(24-15-25(41-2)18-26(16-24)42-3)23-12-13-29-30(17-23)36-31(20-34-29)22-19-35-38(21-22)14-8-7-11-32(40)37-28-10-6-5-9-27(28)33/h5-6,9-10,12-13,15-21H,1,4,7-8,11,14,33H2,2-3H3,(H,37,40). The Labute approximate surface area is 245 Å². The zero-order valence-electron chi connectivity index (χ0n) is 23.8. The largest absolute Gasteiger partial charge is 0.497 e. The summed E-state index contributed by atoms with van der Waals surface area (Å²) in [5, 5.41) is 7.36. The van der Waals surface area contributed by atoms with Gasteiger partial charge in [-0.1, -0.05) is 12.1 Å². The van der Waals surface area contributed by atoms with Crippen LogP contribution in [0.25, 0.3) is 22.3 Å². The smallest absolute Gasteiger partial charge is 0.224 e. The van der Waals surface area contributed by atoms with Crippen molar-refractivity contribution < 1.29 is 14.3 Å². The van der Waals surface area contributed by atoms with E-state index in [-0.39, 0.29) is 5.91 Å². The van der Waals surface area contributed by atoms with Crippen molar-refractivity contribution in [2.24, 2.45) is 0 Å². The summed E-state index contributed by atoms with van der Waals surface area (Å²) in [5.41, 5.74) is 12.1. The first-order valence-electron chi connectivity index (χ1n) is 13.7. The summed E-state index contributed by atoms with van der Waals surface area (Å²) in [7, 11) is 3.26. The normalized spacial score (nSPS) is 10.9. The number of aromatic nitrogens is 4. The predicted octanol–water partition coefficient (Wildman–Crippen LogP) is 5.87. The summed E-state index contributed by atoms with van der Waals surface area (Å²) in [6.07, 6.45) is 7.45. The molecular weight excluding hydrogens is 530 g/mol. The first-order valence-corrected chi connectivity index (χ1v) is 13.7. The lowest BCUT2D eigenvalue weighted by Gasteiger charge is -2.24. The summed E-state index contributed by atoms with van der Waals surface area (Å²) >= 11 is 0. The van der Waals surface area contributed by atoms with Crippen molar-refractivity contribution in [2.75, 3.05) is 36.7 Å². The van der Waals surface area contributed by atoms with Crippen molar-refractivity contribution >= 4 is 39.7 Å². The Morgan fingerprint density at radius 3 is 2.50 bits per heavy atom. The molecule has 0 aliphatic carbocycles. The zero-order valence-corrected chi connectivity index (χ0v) is 23.8. The second-order valence-corrected chi connectivity index (χ2v) is 9.74. The monoisotopic (exact) mass is 564 g/mol. The number of rotatable bonds is 12. The van der Waals surface area contributed by atoms with E-state index in [1.54, 1.807) is 38.7 Å². The Hall–Kier alpha value is -5.12. The van der Waals surface area contributed by atoms with E-state index in [0.29, 0.717) is 42.4 Å². The topological polar surface area (TPSA) is 120 Å². The van der Waals surface area contributed by atoms with Crippen LogP contribution in [-0.4, -0.2) is 46.4 Å². The maximum atomic E-state index is 12.3. The minimum absolute atomic E-state index is 0.0529. The fourth-order valence-electron chi connectivity index (χ4n) is 4.66. The van der Waals surface area contributed by atoms with E-state index in [1.807, 2.05) is 59.4 Å². The molecule has 0 aliphatic rings. The van der Waals surface area contributed by atoms with E-state index in [1.165, 1.54) is 0 Å². The molecule has 215 valence electrons. The molecule has 0 spiro atoms. The number of para-hydroxylation sites is 2. The highest BCUT2D eigenvalue weighted by molar-refractivity contribution is 5.93. The van der Waals surface area contributed by atoms with E-state index in [0.717, 1.165) is 46.5 Å². The minimum Gasteiger partial charge on any atom is -0.497 e. The molecule has 1 amide bonds. The number of anilines is 4. The van der Waals surface area contributed by atoms with Gasteiger partial charge in [0.25, 0.3) is 0 Å². The third-order valence-corrected chi connectivity index (χ3v) is 6.91. The van der Waals surface area contributed by atoms with Gasteiger partial charge in [0, 0.05) is 60.8 Å². The average Bonchev–Trinajstić information content (AvgIpc) is 3.49. The summed E-state index contributed by atoms with van der Waals surface area (Å²) in [6.45, 7) is 5.31. The van der Waals surface area contributed by atoms with E-state index >= 15 is 0 Å². The van der Waals surface area contributed by atoms with Crippen LogP contribution in [0.15, 0.2) is 79.3 Å². The van der Waals surface area contributed by atoms with Crippen molar-refractivity contribution in [1.29, 1.82) is 0 Å². The molecule has 0 bridgehead atoms. The Morgan fingerprint density at radius 2 is 1.76 bits per heavy atom. The fraction of sp³-hybridized carbons (Fsp3) is 0.219. The van der Waals surface area contributed by atoms with Gasteiger partial charge < -0.3 is 25.4 Å². The first kappa shape index (κ1) is 28.4. The Bertz CT molecular complexity index is 1660. The average molecular weight is 565 g/mol. The van der Waals surface area contributed by atoms with Crippen LogP contribution in [0.2, 0.25) is 0 Å². The second kappa shape index (κ2) is 13.0. The Balaban J connectivity index is 1.25. The van der Waals surface area contributed by atoms with Crippen LogP contribution in [0.4, 0.5) is 22.7 Å². The summed E-state index contributed by atoms with van der Waals surface area (Å²) < 4.78 is 12.8. The lowest BCUT2D eigenvalue weighted by atomic mass is 10.2. The molecule has 3 N–H and O–H groups in total. The Kier molecular flexibility index (Phi) is 8.81. The molecule has 0 unspecified atom stereocenters. The van der Waals surface area contributed by atoms with Gasteiger partial charge in [0.2, 0.25) is 5.91 Å². The van der Waals surface area contributed by atoms with Gasteiger partial charge in [0.1, 0.15) is 11.5 Å². The maximum absolute atomic E-state index is 12.3. The molecular formula is C32H34N7O3. The molecule has 0 saturated carbocycles. The number of fused-ring (bicyclic) bond motifs is 1. The molecule has 5 aromatic rings. The number of nitrogens with zero attached hydrogens (tertiary/aromatic N) is 5. The number of nitrogens with one attached hydrogen (secondary N) is 1. The van der Waals surface area contributed by atoms with Crippen LogP contribution in [0, 0.1) is 6.92 Å². The van der Waals surface area contributed by atoms with Crippen molar-refractivity contribution in [3.63, 3.8) is 0 Å². The SMILES string of the molecule is [CH2]CN(c1cc(OC)cc(OC)c1)c1ccc2ncc(-c3cnn(CCCCC(=O)Nc4ccccc4N)c3)nc2c1. The fourth-order valence-corrected chi connectivity index (χ4v) is 4.66. The summed E-state index contributed by atoms with van der Waals surface area (Å²) in [4.78, 5) is 23.9. The van der Waals surface area contributed by atoms with Gasteiger partial charge in [0.05, 0.1) is 54.7 Å². The van der Waals surface area contributed by atoms with E-state index in [9.17, 15) is 4.79 Å². The van der Waals surface area contributed by atoms with Crippen LogP contribution in [0.5, 0.6) is 11.5 Å². The third kappa shape index (κ3) is 6.60. The van der Waals surface area contributed by atoms with Crippen molar-refractivity contribution in [3.8, 4) is 22.8 Å². The number of hydrogen-bond acceptors (Lipinski definition) is 8. The molecule has 2 aromatic heterocycles. The number of methoxy groups -OCH3 is 2. The molecule has 10 heteroatoms. The molecule has 10 nitrogen and oxygen atoms in total. The molecule has 2 heterocycles. The van der Waals surface area contributed by atoms with Gasteiger partial charge in [0.15, 0.2) is 0 Å². The molecule has 0 fully saturated rings. The quantitative estimate of drug-likeness (QED) is 0.143. The molecule has 42 heavy (non-hydrogen) atoms. The maximum Gasteiger partial charge on any atom is 0.224 e. The molecule has 0 saturated heterocycles. The zero-order chi connectivity index (χ0) is 29.5. The second-order valence-electron chi connectivity index (χ2n) is 9.74. The molecule has 5 rings (SSSR count). The van der Waals surface area contributed by atoms with Crippen LogP contribution >= 0.6 is 0 Å². The van der Waals surface area contributed by atoms with Crippen LogP contribution in [0.3, 0.4) is 0 Å². The van der Waals surface area contributed by atoms with E-state index in [4.69, 9.17) is 20.2 Å². The number of nitrogens with two attached hydrogens (primary N) is 1. The summed E-state index contributed by atoms with van der Waals surface area (Å²) in [5.74, 6) is 1.34. The van der Waals surface area contributed by atoms with Gasteiger partial charge >= 0.3 is 0 Å². The molecule has 1 radical (unpaired) electrons. The molecule has 0 atom stereocenters. The van der Waals surface area contributed by atoms with Gasteiger partial charge in [-0.25, -0.2) is 4.98 Å². The van der Waals surface area contributed by atoms with Gasteiger partial charge in [-0.3, -0.25) is 14.5 Å². The highest BCUT2D eigenvalue weighted by atomic mass is 16.5.